The van der Waals surface area contributed by atoms with E-state index in [1.165, 1.54) is 34.6 Å². The zero-order chi connectivity index (χ0) is 60.3. The topological polar surface area (TPSA) is 156 Å². The van der Waals surface area contributed by atoms with Crippen LogP contribution in [0.3, 0.4) is 0 Å². The highest BCUT2D eigenvalue weighted by molar-refractivity contribution is 7.00. The van der Waals surface area contributed by atoms with E-state index in [0.717, 1.165) is 12.8 Å². The molecular weight excluding hydrogens is 1070 g/mol. The lowest BCUT2D eigenvalue weighted by Gasteiger charge is -2.45. The fourth-order valence-electron chi connectivity index (χ4n) is 13.2. The first-order chi connectivity index (χ1) is 38.5. The summed E-state index contributed by atoms with van der Waals surface area (Å²) in [7, 11) is -5.45. The molecule has 5 heterocycles. The second-order valence-electron chi connectivity index (χ2n) is 26.0. The van der Waals surface area contributed by atoms with Crippen molar-refractivity contribution in [1.82, 2.24) is 0 Å². The fraction of sp³-hybridized carbons (Fsp3) is 0.606. The van der Waals surface area contributed by atoms with E-state index in [1.807, 2.05) is 84.9 Å². The van der Waals surface area contributed by atoms with Crippen molar-refractivity contribution in [2.24, 2.45) is 17.8 Å². The van der Waals surface area contributed by atoms with E-state index in [2.05, 4.69) is 147 Å². The van der Waals surface area contributed by atoms with E-state index in [0.29, 0.717) is 13.0 Å². The van der Waals surface area contributed by atoms with Crippen LogP contribution in [-0.4, -0.2) is 119 Å². The molecule has 14 nitrogen and oxygen atoms in total. The molecule has 4 aromatic rings. The summed E-state index contributed by atoms with van der Waals surface area (Å²) in [5, 5.41) is 14.1. The highest BCUT2D eigenvalue weighted by atomic mass is 28.4. The van der Waals surface area contributed by atoms with Gasteiger partial charge in [0.15, 0.2) is 30.3 Å². The quantitative estimate of drug-likeness (QED) is 0.0835. The van der Waals surface area contributed by atoms with E-state index in [-0.39, 0.29) is 65.8 Å². The second kappa shape index (κ2) is 25.4. The van der Waals surface area contributed by atoms with Gasteiger partial charge in [-0.25, -0.2) is 0 Å². The highest BCUT2D eigenvalue weighted by Crippen LogP contribution is 2.50. The van der Waals surface area contributed by atoms with Gasteiger partial charge in [0.25, 0.3) is 16.6 Å². The van der Waals surface area contributed by atoms with Gasteiger partial charge in [-0.2, -0.15) is 0 Å². The lowest BCUT2D eigenvalue weighted by atomic mass is 9.85. The summed E-state index contributed by atoms with van der Waals surface area (Å²) < 4.78 is 67.9. The molecule has 0 spiro atoms. The molecule has 4 aromatic carbocycles. The summed E-state index contributed by atoms with van der Waals surface area (Å²) in [6.07, 6.45) is -0.294. The zero-order valence-electron chi connectivity index (χ0n) is 52.2. The molecule has 9 rings (SSSR count). The third-order valence-electron chi connectivity index (χ3n) is 18.0. The zero-order valence-corrected chi connectivity index (χ0v) is 54.2. The van der Waals surface area contributed by atoms with Crippen molar-refractivity contribution in [3.8, 4) is 0 Å². The predicted molar refractivity (Wildman–Crippen MR) is 323 cm³/mol. The number of rotatable bonds is 16. The van der Waals surface area contributed by atoms with Crippen molar-refractivity contribution in [2.75, 3.05) is 19.8 Å². The Labute approximate surface area is 491 Å². The molecule has 0 saturated carbocycles. The monoisotopic (exact) mass is 1170 g/mol. The minimum Gasteiger partial charge on any atom is -0.455 e. The molecule has 0 amide bonds. The summed E-state index contributed by atoms with van der Waals surface area (Å²) in [5.41, 5.74) is -1.74. The van der Waals surface area contributed by atoms with E-state index >= 15 is 0 Å². The molecule has 0 aliphatic carbocycles. The molecular formula is C66H96O14Si2. The van der Waals surface area contributed by atoms with E-state index in [1.54, 1.807) is 0 Å². The number of fused-ring (bicyclic) bond motifs is 2. The number of esters is 2. The van der Waals surface area contributed by atoms with Crippen LogP contribution in [0.25, 0.3) is 0 Å². The van der Waals surface area contributed by atoms with Crippen LogP contribution in [0.2, 0.25) is 10.1 Å². The van der Waals surface area contributed by atoms with Crippen molar-refractivity contribution in [2.45, 2.75) is 220 Å². The van der Waals surface area contributed by atoms with Gasteiger partial charge in [0, 0.05) is 31.6 Å². The van der Waals surface area contributed by atoms with Crippen molar-refractivity contribution < 1.29 is 66.2 Å². The van der Waals surface area contributed by atoms with Crippen molar-refractivity contribution >= 4 is 49.3 Å². The van der Waals surface area contributed by atoms with Crippen LogP contribution in [0.15, 0.2) is 121 Å². The minimum atomic E-state index is -2.81. The number of carbonyl (C=O) groups is 2. The standard InChI is InChI=1S/C28H38O6Si.C27H38O4Si.C11H20O4/c1-8-28(20(2)25(32-21(3)29)26(34-28)33-22(4)30)19-31-35(27(5,6)7,23-15-11-9-12-16-23)24-17-13-10-14-18-24;1-8-27(20(2)23-24(31-27)30-26(6,7)29-23)19-28-32(25(3,4)5,21-15-11-9-12-16-21)22-17-13-10-14-18-22;1-5-11(6-12)7(2)8-9(15-11)14-10(3,4)13-8/h9-18,20,25-26H,8,19H2,1-7H3;9-18,20,23-24H,8,19H2,1-7H3;7-9,12H,5-6H2,1-4H3/t20-,25+,26?,28-;20-,23+,24-,27-;7-,8+,9-,11-/m000/s1. The molecule has 0 bridgehead atoms. The molecule has 1 unspecified atom stereocenters. The molecule has 5 aliphatic heterocycles. The molecule has 452 valence electrons. The van der Waals surface area contributed by atoms with Crippen LogP contribution in [0.4, 0.5) is 0 Å². The predicted octanol–water partition coefficient (Wildman–Crippen LogP) is 10.3. The summed E-state index contributed by atoms with van der Waals surface area (Å²) in [4.78, 5) is 23.6. The second-order valence-corrected chi connectivity index (χ2v) is 34.6. The lowest BCUT2D eigenvalue weighted by molar-refractivity contribution is -0.238. The Kier molecular flexibility index (Phi) is 20.3. The van der Waals surface area contributed by atoms with Crippen molar-refractivity contribution in [3.63, 3.8) is 0 Å². The third kappa shape index (κ3) is 13.0. The third-order valence-corrected chi connectivity index (χ3v) is 28.0. The van der Waals surface area contributed by atoms with Gasteiger partial charge in [0.05, 0.1) is 31.0 Å². The average Bonchev–Trinajstić information content (AvgIpc) is 3.82. The number of hydrogen-bond acceptors (Lipinski definition) is 14. The molecule has 5 fully saturated rings. The van der Waals surface area contributed by atoms with Crippen LogP contribution >= 0.6 is 0 Å². The number of ether oxygens (including phenoxy) is 9. The van der Waals surface area contributed by atoms with E-state index in [9.17, 15) is 14.7 Å². The Bertz CT molecular complexity index is 2620. The number of aliphatic hydroxyl groups excluding tert-OH is 1. The Morgan fingerprint density at radius 1 is 0.476 bits per heavy atom. The molecule has 82 heavy (non-hydrogen) atoms. The average molecular weight is 1170 g/mol. The highest BCUT2D eigenvalue weighted by Gasteiger charge is 2.63. The Hall–Kier alpha value is -4.15. The SMILES string of the molecule is CC[C@@]1(CO)O[C@@H]2OC(C)(C)O[C@@H]2[C@@H]1C.CC[C@@]1(CO[Si](c2ccccc2)(c2ccccc2)C(C)(C)C)OC(OC(C)=O)[C@H](OC(C)=O)[C@@H]1C.CC[C@@]1(CO[Si](c2ccccc2)(c2ccccc2)C(C)(C)C)O[C@@H]2OC(C)(C)O[C@@H]2[C@@H]1C. The molecule has 16 heteroatoms. The van der Waals surface area contributed by atoms with E-state index in [4.69, 9.17) is 51.5 Å². The van der Waals surface area contributed by atoms with Gasteiger partial charge >= 0.3 is 11.9 Å². The normalized spacial score (nSPS) is 31.0. The first kappa shape index (κ1) is 65.4. The molecule has 1 N–H and O–H groups in total. The fourth-order valence-corrected chi connectivity index (χ4v) is 22.5. The number of aliphatic hydroxyl groups is 1. The lowest BCUT2D eigenvalue weighted by Crippen LogP contribution is -2.68. The summed E-state index contributed by atoms with van der Waals surface area (Å²) in [5.74, 6) is -2.04. The van der Waals surface area contributed by atoms with Gasteiger partial charge in [-0.05, 0) is 77.8 Å². The smallest absolute Gasteiger partial charge is 0.305 e. The van der Waals surface area contributed by atoms with Crippen LogP contribution in [-0.2, 0) is 61.1 Å². The minimum absolute atomic E-state index is 0.0187. The maximum Gasteiger partial charge on any atom is 0.305 e. The first-order valence-corrected chi connectivity index (χ1v) is 33.5. The number of hydrogen-bond donors (Lipinski definition) is 1. The van der Waals surface area contributed by atoms with Crippen LogP contribution in [0.5, 0.6) is 0 Å². The molecule has 12 atom stereocenters. The van der Waals surface area contributed by atoms with Gasteiger partial charge in [0.2, 0.25) is 6.29 Å². The van der Waals surface area contributed by atoms with Crippen molar-refractivity contribution in [1.29, 1.82) is 0 Å². The van der Waals surface area contributed by atoms with Gasteiger partial charge in [0.1, 0.15) is 17.8 Å². The molecule has 0 aromatic heterocycles. The number of benzene rings is 4. The van der Waals surface area contributed by atoms with Crippen molar-refractivity contribution in [3.05, 3.63) is 121 Å². The Morgan fingerprint density at radius 2 is 0.793 bits per heavy atom. The maximum atomic E-state index is 11.9. The summed E-state index contributed by atoms with van der Waals surface area (Å²) >= 11 is 0. The molecule has 0 radical (unpaired) electrons. The Morgan fingerprint density at radius 3 is 1.09 bits per heavy atom. The Balaban J connectivity index is 0.000000190. The van der Waals surface area contributed by atoms with Crippen LogP contribution in [0.1, 0.15) is 144 Å². The maximum absolute atomic E-state index is 11.9. The van der Waals surface area contributed by atoms with Gasteiger partial charge in [-0.1, -0.05) is 204 Å². The molecule has 5 saturated heterocycles. The van der Waals surface area contributed by atoms with Crippen LogP contribution in [0, 0.1) is 17.8 Å². The summed E-state index contributed by atoms with van der Waals surface area (Å²) in [6.45, 7) is 37.2. The summed E-state index contributed by atoms with van der Waals surface area (Å²) in [6, 6.07) is 42.3. The number of carbonyl (C=O) groups excluding carboxylic acids is 2. The van der Waals surface area contributed by atoms with E-state index < -0.39 is 69.3 Å². The molecule has 5 aliphatic rings. The van der Waals surface area contributed by atoms with Gasteiger partial charge in [-0.15, -0.1) is 0 Å². The first-order valence-electron chi connectivity index (χ1n) is 29.7. The van der Waals surface area contributed by atoms with Crippen LogP contribution < -0.4 is 20.7 Å². The van der Waals surface area contributed by atoms with Gasteiger partial charge in [-0.3, -0.25) is 9.59 Å². The van der Waals surface area contributed by atoms with Gasteiger partial charge < -0.3 is 56.6 Å². The largest absolute Gasteiger partial charge is 0.455 e.